The summed E-state index contributed by atoms with van der Waals surface area (Å²) in [5.41, 5.74) is 0.951. The maximum atomic E-state index is 11.8. The van der Waals surface area contributed by atoms with Crippen LogP contribution in [0.25, 0.3) is 0 Å². The van der Waals surface area contributed by atoms with Gasteiger partial charge in [0, 0.05) is 6.54 Å². The summed E-state index contributed by atoms with van der Waals surface area (Å²) in [6.45, 7) is 8.66. The van der Waals surface area contributed by atoms with E-state index < -0.39 is 6.10 Å². The van der Waals surface area contributed by atoms with E-state index in [-0.39, 0.29) is 5.91 Å². The van der Waals surface area contributed by atoms with Crippen LogP contribution in [0.4, 0.5) is 0 Å². The van der Waals surface area contributed by atoms with Gasteiger partial charge in [0.25, 0.3) is 5.91 Å². The number of hydrogen-bond donors (Lipinski definition) is 1. The molecule has 4 nitrogen and oxygen atoms in total. The van der Waals surface area contributed by atoms with E-state index in [4.69, 9.17) is 21.1 Å². The molecule has 0 radical (unpaired) electrons. The number of para-hydroxylation sites is 1. The number of nitrogens with one attached hydrogen (secondary N) is 1. The van der Waals surface area contributed by atoms with Gasteiger partial charge in [0.05, 0.1) is 18.2 Å². The van der Waals surface area contributed by atoms with Gasteiger partial charge in [-0.1, -0.05) is 35.9 Å². The lowest BCUT2D eigenvalue weighted by Gasteiger charge is -2.15. The van der Waals surface area contributed by atoms with E-state index in [1.54, 1.807) is 31.2 Å². The first-order valence-corrected chi connectivity index (χ1v) is 6.79. The molecule has 1 atom stereocenters. The second-order valence-electron chi connectivity index (χ2n) is 4.49. The van der Waals surface area contributed by atoms with Gasteiger partial charge in [0.2, 0.25) is 0 Å². The van der Waals surface area contributed by atoms with Gasteiger partial charge >= 0.3 is 0 Å². The van der Waals surface area contributed by atoms with Crippen LogP contribution in [0.15, 0.2) is 36.4 Å². The average molecular weight is 298 g/mol. The first-order chi connectivity index (χ1) is 9.50. The Morgan fingerprint density at radius 3 is 2.80 bits per heavy atom. The van der Waals surface area contributed by atoms with Crippen molar-refractivity contribution in [3.63, 3.8) is 0 Å². The second-order valence-corrected chi connectivity index (χ2v) is 4.90. The Balaban J connectivity index is 2.29. The van der Waals surface area contributed by atoms with Crippen LogP contribution >= 0.6 is 11.6 Å². The zero-order valence-corrected chi connectivity index (χ0v) is 12.6. The molecule has 0 aromatic heterocycles. The fourth-order valence-electron chi connectivity index (χ4n) is 1.42. The van der Waals surface area contributed by atoms with Gasteiger partial charge in [0.15, 0.2) is 6.10 Å². The van der Waals surface area contributed by atoms with E-state index >= 15 is 0 Å². The highest BCUT2D eigenvalue weighted by Crippen LogP contribution is 2.24. The number of amides is 1. The van der Waals surface area contributed by atoms with Crippen molar-refractivity contribution in [2.24, 2.45) is 0 Å². The van der Waals surface area contributed by atoms with E-state index in [1.807, 2.05) is 6.92 Å². The smallest absolute Gasteiger partial charge is 0.260 e. The van der Waals surface area contributed by atoms with Crippen molar-refractivity contribution in [3.05, 3.63) is 41.4 Å². The van der Waals surface area contributed by atoms with Crippen LogP contribution in [0.2, 0.25) is 5.02 Å². The molecule has 0 heterocycles. The first kappa shape index (κ1) is 16.5. The van der Waals surface area contributed by atoms with E-state index in [0.29, 0.717) is 30.5 Å². The highest BCUT2D eigenvalue weighted by Gasteiger charge is 2.15. The zero-order valence-electron chi connectivity index (χ0n) is 11.8. The van der Waals surface area contributed by atoms with E-state index in [0.717, 1.165) is 5.57 Å². The van der Waals surface area contributed by atoms with Crippen molar-refractivity contribution < 1.29 is 14.3 Å². The SMILES string of the molecule is C=C(C)COCCNC(=O)C(C)Oc1ccccc1Cl. The molecule has 0 spiro atoms. The van der Waals surface area contributed by atoms with Gasteiger partial charge < -0.3 is 14.8 Å². The second kappa shape index (κ2) is 8.61. The van der Waals surface area contributed by atoms with Crippen LogP contribution in [-0.4, -0.2) is 31.8 Å². The van der Waals surface area contributed by atoms with E-state index in [9.17, 15) is 4.79 Å². The predicted molar refractivity (Wildman–Crippen MR) is 80.2 cm³/mol. The fraction of sp³-hybridized carbons (Fsp3) is 0.400. The van der Waals surface area contributed by atoms with Crippen LogP contribution < -0.4 is 10.1 Å². The highest BCUT2D eigenvalue weighted by molar-refractivity contribution is 6.32. The summed E-state index contributed by atoms with van der Waals surface area (Å²) < 4.78 is 10.8. The molecular formula is C15H20ClNO3. The van der Waals surface area contributed by atoms with Crippen molar-refractivity contribution in [1.82, 2.24) is 5.32 Å². The first-order valence-electron chi connectivity index (χ1n) is 6.41. The van der Waals surface area contributed by atoms with Gasteiger partial charge in [-0.25, -0.2) is 0 Å². The molecule has 0 fully saturated rings. The van der Waals surface area contributed by atoms with Gasteiger partial charge in [-0.2, -0.15) is 0 Å². The number of benzene rings is 1. The Morgan fingerprint density at radius 1 is 1.45 bits per heavy atom. The normalized spacial score (nSPS) is 11.8. The van der Waals surface area contributed by atoms with E-state index in [2.05, 4.69) is 11.9 Å². The summed E-state index contributed by atoms with van der Waals surface area (Å²) in [7, 11) is 0. The molecule has 110 valence electrons. The van der Waals surface area contributed by atoms with Crippen LogP contribution in [0.1, 0.15) is 13.8 Å². The lowest BCUT2D eigenvalue weighted by molar-refractivity contribution is -0.127. The minimum Gasteiger partial charge on any atom is -0.479 e. The third-order valence-electron chi connectivity index (χ3n) is 2.40. The van der Waals surface area contributed by atoms with Crippen molar-refractivity contribution >= 4 is 17.5 Å². The molecule has 0 aliphatic rings. The monoisotopic (exact) mass is 297 g/mol. The van der Waals surface area contributed by atoms with Crippen molar-refractivity contribution in [3.8, 4) is 5.75 Å². The average Bonchev–Trinajstić information content (AvgIpc) is 2.40. The highest BCUT2D eigenvalue weighted by atomic mass is 35.5. The summed E-state index contributed by atoms with van der Waals surface area (Å²) in [5, 5.41) is 3.22. The Bertz CT molecular complexity index is 462. The molecule has 1 amide bonds. The number of hydrogen-bond acceptors (Lipinski definition) is 3. The molecule has 1 unspecified atom stereocenters. The standard InChI is InChI=1S/C15H20ClNO3/c1-11(2)10-19-9-8-17-15(18)12(3)20-14-7-5-4-6-13(14)16/h4-7,12H,1,8-10H2,2-3H3,(H,17,18). The zero-order chi connectivity index (χ0) is 15.0. The molecular weight excluding hydrogens is 278 g/mol. The molecule has 1 aromatic carbocycles. The number of carbonyl (C=O) groups excluding carboxylic acids is 1. The third kappa shape index (κ3) is 6.08. The van der Waals surface area contributed by atoms with Crippen molar-refractivity contribution in [1.29, 1.82) is 0 Å². The molecule has 0 aliphatic heterocycles. The van der Waals surface area contributed by atoms with Crippen LogP contribution in [-0.2, 0) is 9.53 Å². The summed E-state index contributed by atoms with van der Waals surface area (Å²) >= 11 is 5.96. The Labute approximate surface area is 124 Å². The molecule has 20 heavy (non-hydrogen) atoms. The topological polar surface area (TPSA) is 47.6 Å². The maximum Gasteiger partial charge on any atom is 0.260 e. The van der Waals surface area contributed by atoms with Crippen molar-refractivity contribution in [2.45, 2.75) is 20.0 Å². The number of ether oxygens (including phenoxy) is 2. The quantitative estimate of drug-likeness (QED) is 0.593. The fourth-order valence-corrected chi connectivity index (χ4v) is 1.60. The van der Waals surface area contributed by atoms with Gasteiger partial charge in [-0.15, -0.1) is 0 Å². The maximum absolute atomic E-state index is 11.8. The molecule has 0 saturated carbocycles. The molecule has 1 rings (SSSR count). The molecule has 0 bridgehead atoms. The number of carbonyl (C=O) groups is 1. The number of rotatable bonds is 8. The summed E-state index contributed by atoms with van der Waals surface area (Å²) in [4.78, 5) is 11.8. The minimum absolute atomic E-state index is 0.205. The third-order valence-corrected chi connectivity index (χ3v) is 2.72. The van der Waals surface area contributed by atoms with Gasteiger partial charge in [-0.05, 0) is 26.0 Å². The van der Waals surface area contributed by atoms with Crippen LogP contribution in [0.3, 0.4) is 0 Å². The lowest BCUT2D eigenvalue weighted by Crippen LogP contribution is -2.38. The number of halogens is 1. The summed E-state index contributed by atoms with van der Waals surface area (Å²) in [6.07, 6.45) is -0.615. The largest absolute Gasteiger partial charge is 0.479 e. The Morgan fingerprint density at radius 2 is 2.15 bits per heavy atom. The van der Waals surface area contributed by atoms with Crippen LogP contribution in [0.5, 0.6) is 5.75 Å². The molecule has 5 heteroatoms. The molecule has 0 aliphatic carbocycles. The minimum atomic E-state index is -0.615. The van der Waals surface area contributed by atoms with E-state index in [1.165, 1.54) is 0 Å². The predicted octanol–water partition coefficient (Wildman–Crippen LogP) is 2.82. The lowest BCUT2D eigenvalue weighted by atomic mass is 10.3. The summed E-state index contributed by atoms with van der Waals surface area (Å²) in [5.74, 6) is 0.291. The Kier molecular flexibility index (Phi) is 7.12. The molecule has 0 saturated heterocycles. The summed E-state index contributed by atoms with van der Waals surface area (Å²) in [6, 6.07) is 7.05. The van der Waals surface area contributed by atoms with Crippen molar-refractivity contribution in [2.75, 3.05) is 19.8 Å². The van der Waals surface area contributed by atoms with Gasteiger partial charge in [-0.3, -0.25) is 4.79 Å². The molecule has 1 aromatic rings. The van der Waals surface area contributed by atoms with Gasteiger partial charge in [0.1, 0.15) is 5.75 Å². The van der Waals surface area contributed by atoms with Crippen LogP contribution in [0, 0.1) is 0 Å². The Hall–Kier alpha value is -1.52. The molecule has 1 N–H and O–H groups in total.